The molecule has 168 valence electrons. The monoisotopic (exact) mass is 443 g/mol. The number of thioether (sulfide) groups is 1. The van der Waals surface area contributed by atoms with E-state index in [2.05, 4.69) is 46.5 Å². The van der Waals surface area contributed by atoms with E-state index in [1.165, 1.54) is 17.7 Å². The molecule has 1 unspecified atom stereocenters. The highest BCUT2D eigenvalue weighted by molar-refractivity contribution is 7.99. The average Bonchev–Trinajstić information content (AvgIpc) is 3.48. The summed E-state index contributed by atoms with van der Waals surface area (Å²) in [4.78, 5) is 12.0. The topological polar surface area (TPSA) is 74.9 Å². The Bertz CT molecular complexity index is 855. The molecule has 1 atom stereocenters. The largest absolute Gasteiger partial charge is 0.444 e. The third kappa shape index (κ3) is 5.61. The predicted octanol–water partition coefficient (Wildman–Crippen LogP) is 2.91. The van der Waals surface area contributed by atoms with Gasteiger partial charge in [0.1, 0.15) is 12.0 Å². The van der Waals surface area contributed by atoms with Crippen molar-refractivity contribution in [2.24, 2.45) is 4.99 Å². The van der Waals surface area contributed by atoms with Gasteiger partial charge in [-0.3, -0.25) is 4.90 Å². The van der Waals surface area contributed by atoms with Crippen LogP contribution in [0.15, 0.2) is 39.9 Å². The minimum Gasteiger partial charge on any atom is -0.444 e. The Morgan fingerprint density at radius 1 is 1.23 bits per heavy atom. The van der Waals surface area contributed by atoms with Gasteiger partial charge in [-0.15, -0.1) is 0 Å². The highest BCUT2D eigenvalue weighted by Gasteiger charge is 2.40. The van der Waals surface area contributed by atoms with E-state index in [1.807, 2.05) is 23.9 Å². The third-order valence-electron chi connectivity index (χ3n) is 5.94. The van der Waals surface area contributed by atoms with E-state index in [4.69, 9.17) is 14.1 Å². The molecule has 0 aliphatic carbocycles. The molecule has 2 aliphatic heterocycles. The van der Waals surface area contributed by atoms with Crippen LogP contribution < -0.4 is 10.6 Å². The van der Waals surface area contributed by atoms with Crippen molar-refractivity contribution < 1.29 is 9.15 Å². The zero-order valence-electron chi connectivity index (χ0n) is 18.5. The number of hydrogen-bond donors (Lipinski definition) is 2. The molecule has 0 radical (unpaired) electrons. The van der Waals surface area contributed by atoms with Gasteiger partial charge >= 0.3 is 0 Å². The van der Waals surface area contributed by atoms with Crippen LogP contribution >= 0.6 is 11.8 Å². The van der Waals surface area contributed by atoms with Crippen molar-refractivity contribution in [1.29, 1.82) is 0 Å². The van der Waals surface area contributed by atoms with Gasteiger partial charge < -0.3 is 19.8 Å². The Hall–Kier alpha value is -2.03. The second-order valence-corrected chi connectivity index (χ2v) is 9.29. The van der Waals surface area contributed by atoms with Crippen LogP contribution in [-0.4, -0.2) is 72.3 Å². The molecule has 0 amide bonds. The Kier molecular flexibility index (Phi) is 7.53. The number of hydrogen-bond acceptors (Lipinski definition) is 6. The van der Waals surface area contributed by atoms with Gasteiger partial charge in [-0.2, -0.15) is 11.8 Å². The van der Waals surface area contributed by atoms with Gasteiger partial charge in [0.2, 0.25) is 5.89 Å². The molecular weight excluding hydrogens is 410 g/mol. The Morgan fingerprint density at radius 2 is 2.03 bits per heavy atom. The first-order valence-electron chi connectivity index (χ1n) is 11.1. The molecule has 0 bridgehead atoms. The van der Waals surface area contributed by atoms with Crippen molar-refractivity contribution in [2.45, 2.75) is 32.4 Å². The summed E-state index contributed by atoms with van der Waals surface area (Å²) in [6.45, 7) is 10.0. The third-order valence-corrected chi connectivity index (χ3v) is 7.18. The lowest BCUT2D eigenvalue weighted by atomic mass is 9.95. The van der Waals surface area contributed by atoms with Gasteiger partial charge in [-0.05, 0) is 38.2 Å². The summed E-state index contributed by atoms with van der Waals surface area (Å²) in [5.41, 5.74) is 3.21. The number of aryl methyl sites for hydroxylation is 1. The van der Waals surface area contributed by atoms with E-state index in [0.717, 1.165) is 62.4 Å². The highest BCUT2D eigenvalue weighted by Crippen LogP contribution is 2.33. The van der Waals surface area contributed by atoms with Gasteiger partial charge in [0, 0.05) is 43.0 Å². The number of ether oxygens (including phenoxy) is 1. The molecule has 3 heterocycles. The maximum atomic E-state index is 5.68. The van der Waals surface area contributed by atoms with Crippen molar-refractivity contribution >= 4 is 17.7 Å². The first kappa shape index (κ1) is 22.2. The molecule has 1 aromatic carbocycles. The molecule has 1 aromatic heterocycles. The predicted molar refractivity (Wildman–Crippen MR) is 127 cm³/mol. The minimum atomic E-state index is 0.178. The van der Waals surface area contributed by atoms with Crippen molar-refractivity contribution in [3.05, 3.63) is 41.8 Å². The summed E-state index contributed by atoms with van der Waals surface area (Å²) >= 11 is 2.05. The zero-order valence-corrected chi connectivity index (χ0v) is 19.3. The van der Waals surface area contributed by atoms with Crippen molar-refractivity contribution in [1.82, 2.24) is 20.5 Å². The van der Waals surface area contributed by atoms with Crippen molar-refractivity contribution in [2.75, 3.05) is 50.9 Å². The Labute approximate surface area is 189 Å². The number of nitrogens with zero attached hydrogens (tertiary/aromatic N) is 3. The number of oxazole rings is 1. The van der Waals surface area contributed by atoms with Crippen LogP contribution in [0.25, 0.3) is 11.5 Å². The number of benzene rings is 1. The number of aromatic nitrogens is 1. The molecule has 2 saturated heterocycles. The first-order valence-corrected chi connectivity index (χ1v) is 12.3. The Balaban J connectivity index is 1.39. The molecule has 31 heavy (non-hydrogen) atoms. The molecular formula is C23H33N5O2S. The number of aliphatic imine (C=N–C) groups is 1. The minimum absolute atomic E-state index is 0.178. The molecule has 4 rings (SSSR count). The molecule has 2 aromatic rings. The van der Waals surface area contributed by atoms with Crippen LogP contribution in [0.4, 0.5) is 0 Å². The molecule has 2 aliphatic rings. The molecule has 2 fully saturated rings. The van der Waals surface area contributed by atoms with Gasteiger partial charge in [-0.1, -0.05) is 17.7 Å². The van der Waals surface area contributed by atoms with Crippen molar-refractivity contribution in [3.63, 3.8) is 0 Å². The lowest BCUT2D eigenvalue weighted by Gasteiger charge is -2.43. The fourth-order valence-corrected chi connectivity index (χ4v) is 5.57. The summed E-state index contributed by atoms with van der Waals surface area (Å²) < 4.78 is 11.3. The number of morpholine rings is 1. The van der Waals surface area contributed by atoms with Crippen molar-refractivity contribution in [3.8, 4) is 11.5 Å². The van der Waals surface area contributed by atoms with E-state index in [1.54, 1.807) is 6.26 Å². The summed E-state index contributed by atoms with van der Waals surface area (Å²) in [7, 11) is 0. The summed E-state index contributed by atoms with van der Waals surface area (Å²) in [5, 5.41) is 6.97. The first-order chi connectivity index (χ1) is 15.2. The quantitative estimate of drug-likeness (QED) is 0.503. The average molecular weight is 444 g/mol. The molecule has 7 nitrogen and oxygen atoms in total. The number of nitrogens with one attached hydrogen (secondary N) is 2. The van der Waals surface area contributed by atoms with E-state index >= 15 is 0 Å². The lowest BCUT2D eigenvalue weighted by Crippen LogP contribution is -2.60. The summed E-state index contributed by atoms with van der Waals surface area (Å²) in [5.74, 6) is 3.83. The van der Waals surface area contributed by atoms with Crippen LogP contribution in [0.2, 0.25) is 0 Å². The highest BCUT2D eigenvalue weighted by atomic mass is 32.2. The smallest absolute Gasteiger partial charge is 0.226 e. The second-order valence-electron chi connectivity index (χ2n) is 8.19. The van der Waals surface area contributed by atoms with Crippen LogP contribution in [0, 0.1) is 6.92 Å². The molecule has 0 spiro atoms. The molecule has 0 saturated carbocycles. The van der Waals surface area contributed by atoms with Crippen LogP contribution in [0.3, 0.4) is 0 Å². The maximum absolute atomic E-state index is 5.68. The van der Waals surface area contributed by atoms with E-state index in [-0.39, 0.29) is 5.54 Å². The second kappa shape index (κ2) is 10.5. The normalized spacial score (nSPS) is 22.6. The van der Waals surface area contributed by atoms with Gasteiger partial charge in [0.05, 0.1) is 19.8 Å². The van der Waals surface area contributed by atoms with Gasteiger partial charge in [0.15, 0.2) is 5.96 Å². The van der Waals surface area contributed by atoms with Crippen LogP contribution in [-0.2, 0) is 11.3 Å². The fourth-order valence-electron chi connectivity index (χ4n) is 4.09. The van der Waals surface area contributed by atoms with E-state index in [0.29, 0.717) is 12.4 Å². The Morgan fingerprint density at radius 3 is 2.74 bits per heavy atom. The van der Waals surface area contributed by atoms with Gasteiger partial charge in [-0.25, -0.2) is 9.98 Å². The number of rotatable bonds is 7. The SMILES string of the molecule is CCNC(=NCc1coc(-c2ccc(C)cc2)n1)NCC1(N2CCOCC2)CCSC1. The maximum Gasteiger partial charge on any atom is 0.226 e. The van der Waals surface area contributed by atoms with Crippen LogP contribution in [0.5, 0.6) is 0 Å². The fraction of sp³-hybridized carbons (Fsp3) is 0.565. The van der Waals surface area contributed by atoms with Gasteiger partial charge in [0.25, 0.3) is 0 Å². The summed E-state index contributed by atoms with van der Waals surface area (Å²) in [6, 6.07) is 8.20. The van der Waals surface area contributed by atoms with E-state index in [9.17, 15) is 0 Å². The molecule has 8 heteroatoms. The summed E-state index contributed by atoms with van der Waals surface area (Å²) in [6.07, 6.45) is 2.90. The zero-order chi connectivity index (χ0) is 21.5. The van der Waals surface area contributed by atoms with Crippen LogP contribution in [0.1, 0.15) is 24.6 Å². The number of guanidine groups is 1. The standard InChI is InChI=1S/C23H33N5O2S/c1-3-24-22(26-16-23(8-13-31-17-23)28-9-11-29-12-10-28)25-14-20-15-30-21(27-20)19-6-4-18(2)5-7-19/h4-7,15H,3,8-14,16-17H2,1-2H3,(H2,24,25,26). The van der Waals surface area contributed by atoms with E-state index < -0.39 is 0 Å². The lowest BCUT2D eigenvalue weighted by molar-refractivity contribution is -0.0120. The molecule has 2 N–H and O–H groups in total.